The van der Waals surface area contributed by atoms with Gasteiger partial charge in [-0.15, -0.1) is 0 Å². The molecule has 1 heterocycles. The fourth-order valence-electron chi connectivity index (χ4n) is 9.33. The van der Waals surface area contributed by atoms with Crippen molar-refractivity contribution < 1.29 is 28.9 Å². The number of fused-ring (bicyclic) bond motifs is 5. The normalized spacial score (nSPS) is 36.1. The first-order valence-corrected chi connectivity index (χ1v) is 18.5. The van der Waals surface area contributed by atoms with Crippen molar-refractivity contribution in [3.8, 4) is 0 Å². The lowest BCUT2D eigenvalue weighted by Crippen LogP contribution is -2.70. The Morgan fingerprint density at radius 3 is 2.50 bits per heavy atom. The highest BCUT2D eigenvalue weighted by Gasteiger charge is 2.73. The van der Waals surface area contributed by atoms with Crippen LogP contribution in [0.15, 0.2) is 40.6 Å². The first-order chi connectivity index (χ1) is 22.5. The van der Waals surface area contributed by atoms with Gasteiger partial charge in [-0.1, -0.05) is 39.0 Å². The van der Waals surface area contributed by atoms with Crippen molar-refractivity contribution in [1.29, 1.82) is 0 Å². The molecule has 1 saturated heterocycles. The van der Waals surface area contributed by atoms with Gasteiger partial charge in [0.15, 0.2) is 6.10 Å². The standard InChI is InChI=1S/C40H62N2O6/c1-12-24(4)34(47-36(44)26(6)27(7)41-42(14-3)23-28(13-2)15-18-46-11)40(45)35-30(22-39(16-17-39)37(8,9)48-35)21-32-31-20-29(31)19-25(5)38(40,10)33(32)43/h12,21,25,28-29,31-32,34-35,45H,6,13-20,22-23H2,1-5,7-11H3/b24-12-,41-27-/t25-,28?,29?,31?,32?,34?,35?,38?,40?/m1/s1. The summed E-state index contributed by atoms with van der Waals surface area (Å²) >= 11 is 0. The molecule has 48 heavy (non-hydrogen) atoms. The number of carbonyl (C=O) groups is 2. The molecule has 5 rings (SSSR count). The summed E-state index contributed by atoms with van der Waals surface area (Å²) in [6, 6.07) is 0. The largest absolute Gasteiger partial charge is 0.451 e. The highest BCUT2D eigenvalue weighted by atomic mass is 16.6. The smallest absolute Gasteiger partial charge is 0.340 e. The molecule has 1 aliphatic heterocycles. The van der Waals surface area contributed by atoms with E-state index in [1.807, 2.05) is 38.8 Å². The van der Waals surface area contributed by atoms with Crippen LogP contribution < -0.4 is 0 Å². The monoisotopic (exact) mass is 666 g/mol. The van der Waals surface area contributed by atoms with Crippen molar-refractivity contribution in [3.05, 3.63) is 35.5 Å². The quantitative estimate of drug-likeness (QED) is 0.0739. The minimum absolute atomic E-state index is 0.00155. The average molecular weight is 667 g/mol. The van der Waals surface area contributed by atoms with Gasteiger partial charge >= 0.3 is 5.97 Å². The first-order valence-electron chi connectivity index (χ1n) is 18.5. The van der Waals surface area contributed by atoms with Crippen LogP contribution in [0.25, 0.3) is 0 Å². The zero-order valence-corrected chi connectivity index (χ0v) is 31.4. The second-order valence-corrected chi connectivity index (χ2v) is 16.5. The molecule has 1 N–H and O–H groups in total. The molecule has 8 heteroatoms. The molecule has 4 fully saturated rings. The van der Waals surface area contributed by atoms with E-state index in [0.29, 0.717) is 42.2 Å². The minimum atomic E-state index is -1.85. The highest BCUT2D eigenvalue weighted by Crippen LogP contribution is 2.68. The Labute approximate surface area is 289 Å². The van der Waals surface area contributed by atoms with Crippen molar-refractivity contribution in [3.63, 3.8) is 0 Å². The molecule has 0 radical (unpaired) electrons. The number of hydrogen-bond donors (Lipinski definition) is 1. The highest BCUT2D eigenvalue weighted by molar-refractivity contribution is 6.18. The van der Waals surface area contributed by atoms with Crippen LogP contribution in [0.1, 0.15) is 107 Å². The first kappa shape index (κ1) is 37.0. The summed E-state index contributed by atoms with van der Waals surface area (Å²) in [5.74, 6) is 0.154. The SMILES string of the molecule is C=C(C(=O)OC(/C(C)=C\C)C1(O)C2OC(C)(C)C3(CC3)CC2=CC2C(=O)C1(C)[C@H](C)CC1CC12)/C(C)=N\N(CC)CC(CC)CCOC. The molecule has 0 amide bonds. The fraction of sp³-hybridized carbons (Fsp3) is 0.775. The molecule has 0 aromatic carbocycles. The van der Waals surface area contributed by atoms with Crippen LogP contribution in [-0.2, 0) is 23.8 Å². The number of esters is 1. The van der Waals surface area contributed by atoms with E-state index in [9.17, 15) is 14.7 Å². The van der Waals surface area contributed by atoms with E-state index in [1.165, 1.54) is 0 Å². The van der Waals surface area contributed by atoms with Gasteiger partial charge in [-0.2, -0.15) is 5.10 Å². The Kier molecular flexibility index (Phi) is 10.4. The summed E-state index contributed by atoms with van der Waals surface area (Å²) in [6.07, 6.45) is 8.83. The Balaban J connectivity index is 1.53. The third-order valence-electron chi connectivity index (χ3n) is 13.6. The summed E-state index contributed by atoms with van der Waals surface area (Å²) in [5, 5.41) is 20.4. The van der Waals surface area contributed by atoms with Crippen LogP contribution in [0.3, 0.4) is 0 Å². The van der Waals surface area contributed by atoms with E-state index >= 15 is 0 Å². The van der Waals surface area contributed by atoms with Crippen molar-refractivity contribution in [1.82, 2.24) is 5.01 Å². The molecule has 4 aliphatic carbocycles. The Hall–Kier alpha value is -2.29. The third-order valence-corrected chi connectivity index (χ3v) is 13.6. The lowest BCUT2D eigenvalue weighted by Gasteiger charge is -2.57. The molecule has 268 valence electrons. The molecule has 8 nitrogen and oxygen atoms in total. The minimum Gasteiger partial charge on any atom is -0.451 e. The zero-order chi connectivity index (χ0) is 35.4. The topological polar surface area (TPSA) is 97.7 Å². The van der Waals surface area contributed by atoms with E-state index in [1.54, 1.807) is 14.0 Å². The summed E-state index contributed by atoms with van der Waals surface area (Å²) in [7, 11) is 1.71. The maximum Gasteiger partial charge on any atom is 0.340 e. The van der Waals surface area contributed by atoms with Gasteiger partial charge in [0.25, 0.3) is 0 Å². The molecule has 0 aromatic heterocycles. The predicted octanol–water partition coefficient (Wildman–Crippen LogP) is 7.07. The molecule has 9 atom stereocenters. The number of allylic oxidation sites excluding steroid dienone is 2. The second-order valence-electron chi connectivity index (χ2n) is 16.5. The maximum atomic E-state index is 14.9. The average Bonchev–Trinajstić information content (AvgIpc) is 4.00. The number of hydrazone groups is 1. The lowest BCUT2D eigenvalue weighted by molar-refractivity contribution is -0.257. The summed E-state index contributed by atoms with van der Waals surface area (Å²) in [4.78, 5) is 29.0. The number of aliphatic hydroxyl groups is 1. The lowest BCUT2D eigenvalue weighted by atomic mass is 9.55. The van der Waals surface area contributed by atoms with Crippen LogP contribution in [0.2, 0.25) is 0 Å². The number of ether oxygens (including phenoxy) is 3. The molecule has 8 unspecified atom stereocenters. The van der Waals surface area contributed by atoms with Gasteiger partial charge in [0, 0.05) is 38.1 Å². The Bertz CT molecular complexity index is 1380. The number of ketones is 1. The van der Waals surface area contributed by atoms with Gasteiger partial charge < -0.3 is 19.3 Å². The van der Waals surface area contributed by atoms with Crippen molar-refractivity contribution >= 4 is 17.5 Å². The van der Waals surface area contributed by atoms with E-state index < -0.39 is 34.8 Å². The number of methoxy groups -OCH3 is 1. The zero-order valence-electron chi connectivity index (χ0n) is 31.4. The summed E-state index contributed by atoms with van der Waals surface area (Å²) in [6.45, 7) is 24.2. The van der Waals surface area contributed by atoms with Crippen molar-refractivity contribution in [2.75, 3.05) is 26.8 Å². The second kappa shape index (κ2) is 13.4. The van der Waals surface area contributed by atoms with E-state index in [2.05, 4.69) is 40.3 Å². The molecule has 5 aliphatic rings. The number of hydrogen-bond acceptors (Lipinski definition) is 8. The van der Waals surface area contributed by atoms with Crippen LogP contribution in [-0.4, -0.2) is 77.8 Å². The van der Waals surface area contributed by atoms with Crippen LogP contribution in [0, 0.1) is 40.4 Å². The van der Waals surface area contributed by atoms with Gasteiger partial charge in [0.2, 0.25) is 0 Å². The van der Waals surface area contributed by atoms with E-state index in [0.717, 1.165) is 57.1 Å². The van der Waals surface area contributed by atoms with E-state index in [-0.39, 0.29) is 28.6 Å². The predicted molar refractivity (Wildman–Crippen MR) is 189 cm³/mol. The van der Waals surface area contributed by atoms with Gasteiger partial charge in [-0.05, 0) is 122 Å². The van der Waals surface area contributed by atoms with Crippen LogP contribution >= 0.6 is 0 Å². The Morgan fingerprint density at radius 2 is 1.92 bits per heavy atom. The van der Waals surface area contributed by atoms with Crippen LogP contribution in [0.4, 0.5) is 0 Å². The van der Waals surface area contributed by atoms with Gasteiger partial charge in [0.05, 0.1) is 22.3 Å². The number of nitrogens with zero attached hydrogens (tertiary/aromatic N) is 2. The maximum absolute atomic E-state index is 14.9. The molecule has 0 aromatic rings. The fourth-order valence-corrected chi connectivity index (χ4v) is 9.33. The molecular weight excluding hydrogens is 604 g/mol. The Morgan fingerprint density at radius 1 is 1.23 bits per heavy atom. The number of carbonyl (C=O) groups excluding carboxylic acids is 2. The van der Waals surface area contributed by atoms with Gasteiger partial charge in [-0.25, -0.2) is 4.79 Å². The van der Waals surface area contributed by atoms with Crippen molar-refractivity contribution in [2.24, 2.45) is 45.5 Å². The van der Waals surface area contributed by atoms with Crippen LogP contribution in [0.5, 0.6) is 0 Å². The summed E-state index contributed by atoms with van der Waals surface area (Å²) < 4.78 is 18.8. The van der Waals surface area contributed by atoms with Gasteiger partial charge in [-0.3, -0.25) is 9.80 Å². The summed E-state index contributed by atoms with van der Waals surface area (Å²) in [5.41, 5.74) is -1.33. The molecule has 1 spiro atoms. The molecule has 3 saturated carbocycles. The number of rotatable bonds is 13. The van der Waals surface area contributed by atoms with Crippen molar-refractivity contribution in [2.45, 2.75) is 131 Å². The molecule has 2 bridgehead atoms. The number of Topliss-reactive ketones (excluding diaryl/α,β-unsaturated/α-hetero) is 1. The van der Waals surface area contributed by atoms with E-state index in [4.69, 9.17) is 19.3 Å². The third kappa shape index (κ3) is 6.06. The van der Waals surface area contributed by atoms with Gasteiger partial charge in [0.1, 0.15) is 17.5 Å². The molecular formula is C40H62N2O6.